The van der Waals surface area contributed by atoms with Gasteiger partial charge in [0.15, 0.2) is 0 Å². The first-order chi connectivity index (χ1) is 8.88. The number of nitrogens with one attached hydrogen (secondary N) is 1. The normalized spacial score (nSPS) is 19.5. The number of furan rings is 1. The maximum Gasteiger partial charge on any atom is 0.129 e. The van der Waals surface area contributed by atoms with Crippen molar-refractivity contribution in [1.29, 1.82) is 0 Å². The molecule has 0 amide bonds. The Hall–Kier alpha value is -0.840. The second kappa shape index (κ2) is 7.56. The van der Waals surface area contributed by atoms with Gasteiger partial charge in [-0.15, -0.1) is 0 Å². The van der Waals surface area contributed by atoms with E-state index < -0.39 is 0 Å². The summed E-state index contributed by atoms with van der Waals surface area (Å²) in [5.74, 6) is 1.47. The van der Waals surface area contributed by atoms with Crippen LogP contribution in [-0.2, 0) is 22.6 Å². The van der Waals surface area contributed by atoms with Crippen LogP contribution in [0, 0.1) is 5.92 Å². The van der Waals surface area contributed by atoms with Crippen LogP contribution in [-0.4, -0.2) is 26.4 Å². The van der Waals surface area contributed by atoms with Gasteiger partial charge in [0.25, 0.3) is 0 Å². The lowest BCUT2D eigenvalue weighted by molar-refractivity contribution is 0.0691. The maximum atomic E-state index is 5.65. The van der Waals surface area contributed by atoms with Crippen LogP contribution in [0.15, 0.2) is 16.7 Å². The van der Waals surface area contributed by atoms with Gasteiger partial charge in [0, 0.05) is 24.6 Å². The van der Waals surface area contributed by atoms with Gasteiger partial charge in [-0.3, -0.25) is 0 Å². The van der Waals surface area contributed by atoms with E-state index in [9.17, 15) is 0 Å². The molecule has 0 bridgehead atoms. The van der Waals surface area contributed by atoms with Crippen molar-refractivity contribution < 1.29 is 13.9 Å². The molecule has 1 aromatic heterocycles. The molecule has 4 nitrogen and oxygen atoms in total. The molecular weight excluding hydrogens is 230 g/mol. The molecule has 1 unspecified atom stereocenters. The van der Waals surface area contributed by atoms with Crippen LogP contribution in [0.5, 0.6) is 0 Å². The highest BCUT2D eigenvalue weighted by Crippen LogP contribution is 2.14. The monoisotopic (exact) mass is 253 g/mol. The zero-order valence-electron chi connectivity index (χ0n) is 11.1. The maximum absolute atomic E-state index is 5.65. The van der Waals surface area contributed by atoms with Gasteiger partial charge in [-0.2, -0.15) is 0 Å². The molecule has 1 N–H and O–H groups in total. The molecule has 1 saturated heterocycles. The molecule has 1 aliphatic rings. The third kappa shape index (κ3) is 4.44. The largest absolute Gasteiger partial charge is 0.467 e. The van der Waals surface area contributed by atoms with E-state index in [1.165, 1.54) is 5.56 Å². The Balaban J connectivity index is 1.63. The number of ether oxygens (including phenoxy) is 2. The predicted octanol–water partition coefficient (Wildman–Crippen LogP) is 2.33. The van der Waals surface area contributed by atoms with Crippen LogP contribution in [0.4, 0.5) is 0 Å². The highest BCUT2D eigenvalue weighted by molar-refractivity contribution is 5.11. The Labute approximate surface area is 109 Å². The zero-order chi connectivity index (χ0) is 12.6. The van der Waals surface area contributed by atoms with Crippen LogP contribution in [0.1, 0.15) is 31.1 Å². The predicted molar refractivity (Wildman–Crippen MR) is 69.3 cm³/mol. The lowest BCUT2D eigenvalue weighted by atomic mass is 10.1. The van der Waals surface area contributed by atoms with Gasteiger partial charge < -0.3 is 19.2 Å². The molecule has 1 aromatic rings. The summed E-state index contributed by atoms with van der Waals surface area (Å²) in [5, 5.41) is 3.35. The van der Waals surface area contributed by atoms with E-state index in [2.05, 4.69) is 18.3 Å². The van der Waals surface area contributed by atoms with Crippen LogP contribution in [0.3, 0.4) is 0 Å². The first-order valence-electron chi connectivity index (χ1n) is 6.81. The molecule has 0 aliphatic carbocycles. The number of hydrogen-bond donors (Lipinski definition) is 1. The van der Waals surface area contributed by atoms with E-state index in [1.54, 1.807) is 6.26 Å². The quantitative estimate of drug-likeness (QED) is 0.722. The lowest BCUT2D eigenvalue weighted by Gasteiger charge is -2.06. The van der Waals surface area contributed by atoms with Gasteiger partial charge in [-0.25, -0.2) is 0 Å². The van der Waals surface area contributed by atoms with Crippen molar-refractivity contribution in [2.45, 2.75) is 32.9 Å². The van der Waals surface area contributed by atoms with Crippen molar-refractivity contribution in [2.75, 3.05) is 26.4 Å². The number of hydrogen-bond acceptors (Lipinski definition) is 4. The van der Waals surface area contributed by atoms with Crippen molar-refractivity contribution in [3.05, 3.63) is 23.7 Å². The summed E-state index contributed by atoms with van der Waals surface area (Å²) in [5.41, 5.74) is 1.19. The molecule has 0 spiro atoms. The van der Waals surface area contributed by atoms with E-state index in [0.29, 0.717) is 12.5 Å². The third-order valence-electron chi connectivity index (χ3n) is 3.09. The first kappa shape index (κ1) is 13.6. The van der Waals surface area contributed by atoms with Gasteiger partial charge in [0.1, 0.15) is 12.4 Å². The Morgan fingerprint density at radius 1 is 1.50 bits per heavy atom. The molecule has 102 valence electrons. The molecule has 0 radical (unpaired) electrons. The molecular formula is C14H23NO3. The average Bonchev–Trinajstić information content (AvgIpc) is 3.01. The highest BCUT2D eigenvalue weighted by atomic mass is 16.5. The van der Waals surface area contributed by atoms with Crippen molar-refractivity contribution in [1.82, 2.24) is 5.32 Å². The second-order valence-electron chi connectivity index (χ2n) is 4.84. The highest BCUT2D eigenvalue weighted by Gasteiger charge is 2.15. The summed E-state index contributed by atoms with van der Waals surface area (Å²) in [6.07, 6.45) is 4.07. The van der Waals surface area contributed by atoms with E-state index in [-0.39, 0.29) is 0 Å². The average molecular weight is 253 g/mol. The molecule has 1 fully saturated rings. The van der Waals surface area contributed by atoms with Crippen molar-refractivity contribution in [3.63, 3.8) is 0 Å². The van der Waals surface area contributed by atoms with Gasteiger partial charge >= 0.3 is 0 Å². The standard InChI is InChI=1S/C14H23NO3/c1-2-4-15-7-13-6-14(18-10-13)11-17-9-12-3-5-16-8-12/h6,10,12,15H,2-5,7-9,11H2,1H3. The van der Waals surface area contributed by atoms with Crippen LogP contribution >= 0.6 is 0 Å². The fraction of sp³-hybridized carbons (Fsp3) is 0.714. The van der Waals surface area contributed by atoms with Crippen LogP contribution in [0.25, 0.3) is 0 Å². The summed E-state index contributed by atoms with van der Waals surface area (Å²) in [4.78, 5) is 0. The minimum atomic E-state index is 0.560. The Morgan fingerprint density at radius 2 is 2.44 bits per heavy atom. The fourth-order valence-electron chi connectivity index (χ4n) is 2.05. The Kier molecular flexibility index (Phi) is 5.71. The van der Waals surface area contributed by atoms with Gasteiger partial charge in [-0.1, -0.05) is 6.92 Å². The Bertz CT molecular complexity index is 332. The Morgan fingerprint density at radius 3 is 3.22 bits per heavy atom. The first-order valence-corrected chi connectivity index (χ1v) is 6.81. The van der Waals surface area contributed by atoms with Gasteiger partial charge in [-0.05, 0) is 25.5 Å². The molecule has 1 atom stereocenters. The van der Waals surface area contributed by atoms with E-state index in [0.717, 1.165) is 51.5 Å². The van der Waals surface area contributed by atoms with Gasteiger partial charge in [0.2, 0.25) is 0 Å². The smallest absolute Gasteiger partial charge is 0.129 e. The summed E-state index contributed by atoms with van der Waals surface area (Å²) in [6, 6.07) is 2.06. The molecule has 18 heavy (non-hydrogen) atoms. The SMILES string of the molecule is CCCNCc1coc(COCC2CCOC2)c1. The minimum absolute atomic E-state index is 0.560. The lowest BCUT2D eigenvalue weighted by Crippen LogP contribution is -2.13. The van der Waals surface area contributed by atoms with Gasteiger partial charge in [0.05, 0.1) is 19.5 Å². The van der Waals surface area contributed by atoms with Crippen LogP contribution in [0.2, 0.25) is 0 Å². The number of rotatable bonds is 8. The molecule has 0 saturated carbocycles. The molecule has 4 heteroatoms. The molecule has 1 aliphatic heterocycles. The second-order valence-corrected chi connectivity index (χ2v) is 4.84. The van der Waals surface area contributed by atoms with Crippen LogP contribution < -0.4 is 5.32 Å². The molecule has 0 aromatic carbocycles. The summed E-state index contributed by atoms with van der Waals surface area (Å²) in [6.45, 7) is 7.11. The van der Waals surface area contributed by atoms with Crippen molar-refractivity contribution >= 4 is 0 Å². The zero-order valence-corrected chi connectivity index (χ0v) is 11.1. The van der Waals surface area contributed by atoms with Crippen molar-refractivity contribution in [3.8, 4) is 0 Å². The van der Waals surface area contributed by atoms with E-state index in [1.807, 2.05) is 0 Å². The van der Waals surface area contributed by atoms with Crippen molar-refractivity contribution in [2.24, 2.45) is 5.92 Å². The van der Waals surface area contributed by atoms with E-state index >= 15 is 0 Å². The summed E-state index contributed by atoms with van der Waals surface area (Å²) in [7, 11) is 0. The molecule has 2 rings (SSSR count). The summed E-state index contributed by atoms with van der Waals surface area (Å²) < 4.78 is 16.4. The fourth-order valence-corrected chi connectivity index (χ4v) is 2.05. The summed E-state index contributed by atoms with van der Waals surface area (Å²) >= 11 is 0. The topological polar surface area (TPSA) is 43.6 Å². The van der Waals surface area contributed by atoms with E-state index in [4.69, 9.17) is 13.9 Å². The third-order valence-corrected chi connectivity index (χ3v) is 3.09. The minimum Gasteiger partial charge on any atom is -0.467 e. The molecule has 2 heterocycles.